The number of hydrogen-bond acceptors (Lipinski definition) is 5. The van der Waals surface area contributed by atoms with Crippen LogP contribution in [0.4, 0.5) is 10.6 Å². The fraction of sp³-hybridized carbons (Fsp3) is 0.739. The first kappa shape index (κ1) is 21.9. The summed E-state index contributed by atoms with van der Waals surface area (Å²) in [5, 5.41) is 3.59. The van der Waals surface area contributed by atoms with Crippen LogP contribution in [-0.4, -0.2) is 53.4 Å². The molecule has 0 aromatic carbocycles. The van der Waals surface area contributed by atoms with Gasteiger partial charge in [-0.3, -0.25) is 0 Å². The average molecular weight is 404 g/mol. The lowest BCUT2D eigenvalue weighted by Gasteiger charge is -2.26. The van der Waals surface area contributed by atoms with Crippen molar-refractivity contribution >= 4 is 11.9 Å². The van der Waals surface area contributed by atoms with Crippen molar-refractivity contribution in [3.8, 4) is 0 Å². The maximum Gasteiger partial charge on any atom is 0.410 e. The van der Waals surface area contributed by atoms with Crippen LogP contribution in [0.5, 0.6) is 0 Å². The summed E-state index contributed by atoms with van der Waals surface area (Å²) >= 11 is 0. The van der Waals surface area contributed by atoms with Crippen LogP contribution in [0.2, 0.25) is 0 Å². The van der Waals surface area contributed by atoms with Gasteiger partial charge in [0.15, 0.2) is 0 Å². The van der Waals surface area contributed by atoms with Gasteiger partial charge in [-0.15, -0.1) is 0 Å². The Balaban J connectivity index is 1.20. The molecule has 29 heavy (non-hydrogen) atoms. The SMILES string of the molecule is CC(C)(C)OC(=O)N1CC[C@@H](OCCCCCC[C@H]2CCc3cccnc3N2)C1. The van der Waals surface area contributed by atoms with E-state index in [2.05, 4.69) is 16.4 Å². The van der Waals surface area contributed by atoms with E-state index in [1.54, 1.807) is 4.90 Å². The van der Waals surface area contributed by atoms with Crippen LogP contribution in [0.15, 0.2) is 18.3 Å². The van der Waals surface area contributed by atoms with Gasteiger partial charge in [-0.2, -0.15) is 0 Å². The number of fused-ring (bicyclic) bond motifs is 1. The van der Waals surface area contributed by atoms with Crippen LogP contribution < -0.4 is 5.32 Å². The number of likely N-dealkylation sites (tertiary alicyclic amines) is 1. The monoisotopic (exact) mass is 403 g/mol. The highest BCUT2D eigenvalue weighted by Crippen LogP contribution is 2.24. The molecule has 3 heterocycles. The highest BCUT2D eigenvalue weighted by atomic mass is 16.6. The molecule has 2 atom stereocenters. The largest absolute Gasteiger partial charge is 0.444 e. The van der Waals surface area contributed by atoms with Crippen molar-refractivity contribution in [3.63, 3.8) is 0 Å². The van der Waals surface area contributed by atoms with E-state index in [1.807, 2.05) is 33.0 Å². The standard InChI is InChI=1S/C23H37N3O3/c1-23(2,3)29-22(27)26-15-13-20(17-26)28-16-7-5-4-6-10-19-12-11-18-9-8-14-24-21(18)25-19/h8-9,14,19-20H,4-7,10-13,15-17H2,1-3H3,(H,24,25)/t19-,20+/m0/s1. The molecule has 0 spiro atoms. The van der Waals surface area contributed by atoms with Gasteiger partial charge >= 0.3 is 6.09 Å². The number of carbonyl (C=O) groups is 1. The number of pyridine rings is 1. The van der Waals surface area contributed by atoms with E-state index >= 15 is 0 Å². The van der Waals surface area contributed by atoms with Crippen LogP contribution in [0.3, 0.4) is 0 Å². The number of hydrogen-bond donors (Lipinski definition) is 1. The molecule has 0 aliphatic carbocycles. The van der Waals surface area contributed by atoms with Gasteiger partial charge in [-0.1, -0.05) is 25.3 Å². The Morgan fingerprint density at radius 1 is 1.24 bits per heavy atom. The highest BCUT2D eigenvalue weighted by Gasteiger charge is 2.30. The van der Waals surface area contributed by atoms with Crippen molar-refractivity contribution in [2.75, 3.05) is 25.0 Å². The number of aryl methyl sites for hydroxylation is 1. The zero-order valence-corrected chi connectivity index (χ0v) is 18.3. The molecule has 1 N–H and O–H groups in total. The van der Waals surface area contributed by atoms with Crippen LogP contribution in [0.1, 0.15) is 71.3 Å². The molecular formula is C23H37N3O3. The molecule has 6 nitrogen and oxygen atoms in total. The Kier molecular flexibility index (Phi) is 7.76. The topological polar surface area (TPSA) is 63.7 Å². The zero-order valence-electron chi connectivity index (χ0n) is 18.3. The Morgan fingerprint density at radius 3 is 2.90 bits per heavy atom. The van der Waals surface area contributed by atoms with Gasteiger partial charge in [0.25, 0.3) is 0 Å². The summed E-state index contributed by atoms with van der Waals surface area (Å²) in [5.41, 5.74) is 0.904. The molecule has 1 aromatic heterocycles. The summed E-state index contributed by atoms with van der Waals surface area (Å²) in [6, 6.07) is 4.75. The van der Waals surface area contributed by atoms with Gasteiger partial charge in [-0.25, -0.2) is 9.78 Å². The quantitative estimate of drug-likeness (QED) is 0.633. The third kappa shape index (κ3) is 7.18. The van der Waals surface area contributed by atoms with Gasteiger partial charge < -0.3 is 19.7 Å². The first-order valence-electron chi connectivity index (χ1n) is 11.2. The molecule has 2 aliphatic rings. The lowest BCUT2D eigenvalue weighted by atomic mass is 9.96. The predicted molar refractivity (Wildman–Crippen MR) is 115 cm³/mol. The molecule has 0 radical (unpaired) electrons. The van der Waals surface area contributed by atoms with Crippen molar-refractivity contribution < 1.29 is 14.3 Å². The molecule has 1 fully saturated rings. The Bertz CT molecular complexity index is 659. The van der Waals surface area contributed by atoms with Crippen molar-refractivity contribution in [1.29, 1.82) is 0 Å². The predicted octanol–water partition coefficient (Wildman–Crippen LogP) is 4.78. The minimum Gasteiger partial charge on any atom is -0.444 e. The van der Waals surface area contributed by atoms with Crippen LogP contribution in [0.25, 0.3) is 0 Å². The first-order chi connectivity index (χ1) is 13.9. The smallest absolute Gasteiger partial charge is 0.410 e. The van der Waals surface area contributed by atoms with Gasteiger partial charge in [0.05, 0.1) is 12.6 Å². The number of carbonyl (C=O) groups excluding carboxylic acids is 1. The molecule has 0 saturated carbocycles. The molecule has 0 bridgehead atoms. The fourth-order valence-electron chi connectivity index (χ4n) is 4.03. The van der Waals surface area contributed by atoms with Crippen LogP contribution >= 0.6 is 0 Å². The second kappa shape index (κ2) is 10.3. The molecule has 0 unspecified atom stereocenters. The number of unbranched alkanes of at least 4 members (excludes halogenated alkanes) is 3. The van der Waals surface area contributed by atoms with Crippen molar-refractivity contribution in [2.24, 2.45) is 0 Å². The zero-order chi connectivity index (χ0) is 20.7. The van der Waals surface area contributed by atoms with E-state index in [1.165, 1.54) is 37.7 Å². The molecule has 1 aromatic rings. The number of amides is 1. The minimum absolute atomic E-state index is 0.154. The Hall–Kier alpha value is -1.82. The highest BCUT2D eigenvalue weighted by molar-refractivity contribution is 5.68. The van der Waals surface area contributed by atoms with Gasteiger partial charge in [0, 0.05) is 25.4 Å². The minimum atomic E-state index is -0.441. The number of aromatic nitrogens is 1. The molecule has 2 aliphatic heterocycles. The lowest BCUT2D eigenvalue weighted by Crippen LogP contribution is -2.36. The lowest BCUT2D eigenvalue weighted by molar-refractivity contribution is 0.0206. The normalized spacial score (nSPS) is 21.6. The van der Waals surface area contributed by atoms with Gasteiger partial charge in [-0.05, 0) is 64.5 Å². The maximum absolute atomic E-state index is 12.1. The van der Waals surface area contributed by atoms with Crippen molar-refractivity contribution in [2.45, 2.75) is 89.9 Å². The van der Waals surface area contributed by atoms with Gasteiger partial charge in [0.1, 0.15) is 11.4 Å². The van der Waals surface area contributed by atoms with Crippen LogP contribution in [0, 0.1) is 0 Å². The summed E-state index contributed by atoms with van der Waals surface area (Å²) in [6.45, 7) is 7.86. The number of nitrogens with one attached hydrogen (secondary N) is 1. The number of nitrogens with zero attached hydrogens (tertiary/aromatic N) is 2. The fourth-order valence-corrected chi connectivity index (χ4v) is 4.03. The second-order valence-corrected chi connectivity index (χ2v) is 9.30. The van der Waals surface area contributed by atoms with E-state index in [0.717, 1.165) is 38.2 Å². The van der Waals surface area contributed by atoms with E-state index in [0.29, 0.717) is 12.6 Å². The summed E-state index contributed by atoms with van der Waals surface area (Å²) in [6.07, 6.45) is 11.0. The molecule has 1 saturated heterocycles. The average Bonchev–Trinajstić information content (AvgIpc) is 3.15. The van der Waals surface area contributed by atoms with Crippen LogP contribution in [-0.2, 0) is 15.9 Å². The first-order valence-corrected chi connectivity index (χ1v) is 11.2. The van der Waals surface area contributed by atoms with Gasteiger partial charge in [0.2, 0.25) is 0 Å². The summed E-state index contributed by atoms with van der Waals surface area (Å²) < 4.78 is 11.4. The Morgan fingerprint density at radius 2 is 2.07 bits per heavy atom. The van der Waals surface area contributed by atoms with E-state index in [9.17, 15) is 4.79 Å². The Labute approximate surface area is 175 Å². The molecule has 1 amide bonds. The van der Waals surface area contributed by atoms with E-state index in [-0.39, 0.29) is 12.2 Å². The summed E-state index contributed by atoms with van der Waals surface area (Å²) in [5.74, 6) is 1.08. The summed E-state index contributed by atoms with van der Waals surface area (Å²) in [4.78, 5) is 18.3. The number of anilines is 1. The molecule has 3 rings (SSSR count). The van der Waals surface area contributed by atoms with E-state index < -0.39 is 5.60 Å². The molecule has 6 heteroatoms. The third-order valence-corrected chi connectivity index (χ3v) is 5.59. The third-order valence-electron chi connectivity index (χ3n) is 5.59. The number of rotatable bonds is 8. The summed E-state index contributed by atoms with van der Waals surface area (Å²) in [7, 11) is 0. The van der Waals surface area contributed by atoms with E-state index in [4.69, 9.17) is 9.47 Å². The second-order valence-electron chi connectivity index (χ2n) is 9.30. The molecular weight excluding hydrogens is 366 g/mol. The van der Waals surface area contributed by atoms with Crippen molar-refractivity contribution in [3.05, 3.63) is 23.9 Å². The molecule has 162 valence electrons. The number of ether oxygens (including phenoxy) is 2. The van der Waals surface area contributed by atoms with Crippen molar-refractivity contribution in [1.82, 2.24) is 9.88 Å². The maximum atomic E-state index is 12.1.